The Kier molecular flexibility index (Phi) is 3.91. The van der Waals surface area contributed by atoms with Crippen LogP contribution in [0.15, 0.2) is 18.2 Å². The number of anilines is 1. The Bertz CT molecular complexity index is 563. The quantitative estimate of drug-likeness (QED) is 0.660. The molecule has 106 valence electrons. The summed E-state index contributed by atoms with van der Waals surface area (Å²) in [5, 5.41) is 29.9. The molecule has 1 aromatic carbocycles. The zero-order valence-corrected chi connectivity index (χ0v) is 11.4. The minimum Gasteiger partial charge on any atom is -0.390 e. The summed E-state index contributed by atoms with van der Waals surface area (Å²) in [6, 6.07) is 6.46. The van der Waals surface area contributed by atoms with Gasteiger partial charge in [0, 0.05) is 24.8 Å². The largest absolute Gasteiger partial charge is 0.390 e. The molecule has 0 bridgehead atoms. The molecule has 1 atom stereocenters. The van der Waals surface area contributed by atoms with E-state index in [-0.39, 0.29) is 11.3 Å². The molecule has 1 saturated heterocycles. The Morgan fingerprint density at radius 1 is 1.45 bits per heavy atom. The van der Waals surface area contributed by atoms with Gasteiger partial charge in [0.2, 0.25) is 0 Å². The maximum Gasteiger partial charge on any atom is 0.287 e. The van der Waals surface area contributed by atoms with Gasteiger partial charge in [-0.1, -0.05) is 0 Å². The van der Waals surface area contributed by atoms with Gasteiger partial charge in [0.1, 0.15) is 11.6 Å². The number of nitro groups is 1. The first-order valence-corrected chi connectivity index (χ1v) is 6.59. The minimum atomic E-state index is -0.659. The molecule has 1 aliphatic rings. The van der Waals surface area contributed by atoms with Crippen molar-refractivity contribution in [3.05, 3.63) is 33.9 Å². The Morgan fingerprint density at radius 3 is 2.85 bits per heavy atom. The second-order valence-electron chi connectivity index (χ2n) is 5.41. The molecule has 0 spiro atoms. The predicted molar refractivity (Wildman–Crippen MR) is 74.5 cm³/mol. The molecule has 2 rings (SSSR count). The van der Waals surface area contributed by atoms with Crippen molar-refractivity contribution in [1.29, 1.82) is 5.26 Å². The number of nitro benzene ring substituents is 1. The Labute approximate surface area is 117 Å². The molecule has 1 aliphatic heterocycles. The van der Waals surface area contributed by atoms with Crippen LogP contribution in [-0.4, -0.2) is 28.7 Å². The number of nitriles is 1. The van der Waals surface area contributed by atoms with Crippen molar-refractivity contribution in [1.82, 2.24) is 0 Å². The van der Waals surface area contributed by atoms with Gasteiger partial charge in [0.05, 0.1) is 10.5 Å². The molecular weight excluding hydrogens is 258 g/mol. The third-order valence-electron chi connectivity index (χ3n) is 3.73. The van der Waals surface area contributed by atoms with E-state index < -0.39 is 10.5 Å². The fourth-order valence-electron chi connectivity index (χ4n) is 2.49. The number of benzene rings is 1. The third-order valence-corrected chi connectivity index (χ3v) is 3.73. The van der Waals surface area contributed by atoms with E-state index in [1.54, 1.807) is 12.1 Å². The van der Waals surface area contributed by atoms with Crippen molar-refractivity contribution in [3.8, 4) is 6.07 Å². The minimum absolute atomic E-state index is 0.0727. The van der Waals surface area contributed by atoms with Gasteiger partial charge >= 0.3 is 0 Å². The van der Waals surface area contributed by atoms with Crippen molar-refractivity contribution < 1.29 is 10.0 Å². The van der Waals surface area contributed by atoms with Gasteiger partial charge in [-0.05, 0) is 38.3 Å². The van der Waals surface area contributed by atoms with Crippen LogP contribution in [0.2, 0.25) is 0 Å². The molecule has 6 heteroatoms. The monoisotopic (exact) mass is 275 g/mol. The summed E-state index contributed by atoms with van der Waals surface area (Å²) in [4.78, 5) is 12.3. The van der Waals surface area contributed by atoms with Crippen LogP contribution >= 0.6 is 0 Å². The van der Waals surface area contributed by atoms with E-state index in [1.165, 1.54) is 6.07 Å². The maximum absolute atomic E-state index is 10.8. The van der Waals surface area contributed by atoms with Crippen molar-refractivity contribution in [2.24, 2.45) is 0 Å². The van der Waals surface area contributed by atoms with Crippen LogP contribution in [0.3, 0.4) is 0 Å². The van der Waals surface area contributed by atoms with Gasteiger partial charge in [-0.3, -0.25) is 10.1 Å². The lowest BCUT2D eigenvalue weighted by atomic mass is 9.98. The van der Waals surface area contributed by atoms with Gasteiger partial charge in [0.15, 0.2) is 0 Å². The van der Waals surface area contributed by atoms with Crippen molar-refractivity contribution >= 4 is 11.4 Å². The summed E-state index contributed by atoms with van der Waals surface area (Å²) >= 11 is 0. The van der Waals surface area contributed by atoms with Gasteiger partial charge < -0.3 is 10.0 Å². The number of aliphatic hydroxyl groups is 1. The summed E-state index contributed by atoms with van der Waals surface area (Å²) in [5.41, 5.74) is 0.0413. The highest BCUT2D eigenvalue weighted by Gasteiger charge is 2.25. The molecular formula is C14H17N3O3. The molecule has 1 aromatic rings. The third kappa shape index (κ3) is 3.06. The average molecular weight is 275 g/mol. The molecule has 20 heavy (non-hydrogen) atoms. The van der Waals surface area contributed by atoms with E-state index in [2.05, 4.69) is 4.90 Å². The van der Waals surface area contributed by atoms with E-state index in [9.17, 15) is 15.2 Å². The van der Waals surface area contributed by atoms with E-state index in [4.69, 9.17) is 5.26 Å². The lowest BCUT2D eigenvalue weighted by Gasteiger charge is -2.24. The number of hydrogen-bond donors (Lipinski definition) is 1. The highest BCUT2D eigenvalue weighted by atomic mass is 16.6. The number of rotatable bonds is 2. The first kappa shape index (κ1) is 14.3. The smallest absolute Gasteiger partial charge is 0.287 e. The van der Waals surface area contributed by atoms with Crippen LogP contribution in [-0.2, 0) is 0 Å². The zero-order chi connectivity index (χ0) is 14.8. The zero-order valence-electron chi connectivity index (χ0n) is 11.4. The molecule has 0 aliphatic carbocycles. The number of hydrogen-bond acceptors (Lipinski definition) is 5. The first-order valence-electron chi connectivity index (χ1n) is 6.59. The molecule has 0 radical (unpaired) electrons. The Balaban J connectivity index is 2.25. The van der Waals surface area contributed by atoms with Crippen molar-refractivity contribution in [2.45, 2.75) is 31.8 Å². The standard InChI is InChI=1S/C14H17N3O3/c1-14(18)5-2-7-16(8-6-14)12-3-4-13(17(19)20)11(9-12)10-15/h3-4,9,18H,2,5-8H2,1H3. The van der Waals surface area contributed by atoms with Crippen LogP contribution in [0.4, 0.5) is 11.4 Å². The topological polar surface area (TPSA) is 90.4 Å². The number of nitrogens with zero attached hydrogens (tertiary/aromatic N) is 3. The Hall–Kier alpha value is -2.13. The van der Waals surface area contributed by atoms with E-state index in [1.807, 2.05) is 13.0 Å². The second-order valence-corrected chi connectivity index (χ2v) is 5.41. The van der Waals surface area contributed by atoms with Crippen LogP contribution in [0.25, 0.3) is 0 Å². The fourth-order valence-corrected chi connectivity index (χ4v) is 2.49. The summed E-state index contributed by atoms with van der Waals surface area (Å²) in [5.74, 6) is 0. The van der Waals surface area contributed by atoms with Crippen LogP contribution in [0.1, 0.15) is 31.7 Å². The average Bonchev–Trinajstić information content (AvgIpc) is 2.59. The van der Waals surface area contributed by atoms with Crippen LogP contribution in [0, 0.1) is 21.4 Å². The van der Waals surface area contributed by atoms with Crippen molar-refractivity contribution in [2.75, 3.05) is 18.0 Å². The van der Waals surface area contributed by atoms with E-state index >= 15 is 0 Å². The van der Waals surface area contributed by atoms with Gasteiger partial charge in [-0.15, -0.1) is 0 Å². The Morgan fingerprint density at radius 2 is 2.20 bits per heavy atom. The van der Waals surface area contributed by atoms with Gasteiger partial charge in [-0.2, -0.15) is 5.26 Å². The first-order chi connectivity index (χ1) is 9.43. The fraction of sp³-hybridized carbons (Fsp3) is 0.500. The van der Waals surface area contributed by atoms with E-state index in [0.29, 0.717) is 13.0 Å². The maximum atomic E-state index is 10.8. The molecule has 0 amide bonds. The highest BCUT2D eigenvalue weighted by Crippen LogP contribution is 2.28. The molecule has 1 fully saturated rings. The lowest BCUT2D eigenvalue weighted by Crippen LogP contribution is -2.28. The SMILES string of the molecule is CC1(O)CCCN(c2ccc([N+](=O)[O-])c(C#N)c2)CC1. The van der Waals surface area contributed by atoms with Crippen LogP contribution < -0.4 is 4.90 Å². The molecule has 1 heterocycles. The normalized spacial score (nSPS) is 22.9. The summed E-state index contributed by atoms with van der Waals surface area (Å²) < 4.78 is 0. The summed E-state index contributed by atoms with van der Waals surface area (Å²) in [6.45, 7) is 3.28. The highest BCUT2D eigenvalue weighted by molar-refractivity contribution is 5.60. The van der Waals surface area contributed by atoms with Gasteiger partial charge in [0.25, 0.3) is 5.69 Å². The molecule has 0 saturated carbocycles. The van der Waals surface area contributed by atoms with E-state index in [0.717, 1.165) is 25.1 Å². The van der Waals surface area contributed by atoms with Crippen LogP contribution in [0.5, 0.6) is 0 Å². The molecule has 1 N–H and O–H groups in total. The summed E-state index contributed by atoms with van der Waals surface area (Å²) in [7, 11) is 0. The van der Waals surface area contributed by atoms with Gasteiger partial charge in [-0.25, -0.2) is 0 Å². The molecule has 6 nitrogen and oxygen atoms in total. The molecule has 1 unspecified atom stereocenters. The van der Waals surface area contributed by atoms with Crippen molar-refractivity contribution in [3.63, 3.8) is 0 Å². The predicted octanol–water partition coefficient (Wildman–Crippen LogP) is 2.21. The molecule has 0 aromatic heterocycles. The lowest BCUT2D eigenvalue weighted by molar-refractivity contribution is -0.385. The second kappa shape index (κ2) is 5.47. The summed E-state index contributed by atoms with van der Waals surface area (Å²) in [6.07, 6.45) is 2.24.